The van der Waals surface area contributed by atoms with Crippen LogP contribution in [0.25, 0.3) is 5.57 Å². The van der Waals surface area contributed by atoms with Crippen molar-refractivity contribution in [2.24, 2.45) is 0 Å². The molecule has 1 aliphatic heterocycles. The lowest BCUT2D eigenvalue weighted by Crippen LogP contribution is -2.56. The summed E-state index contributed by atoms with van der Waals surface area (Å²) in [6.45, 7) is 7.38. The summed E-state index contributed by atoms with van der Waals surface area (Å²) >= 11 is 1.48. The minimum atomic E-state index is -1.07. The summed E-state index contributed by atoms with van der Waals surface area (Å²) < 4.78 is 10.8. The largest absolute Gasteiger partial charge is 0.476 e. The summed E-state index contributed by atoms with van der Waals surface area (Å²) in [4.78, 5) is 27.4. The first-order valence-electron chi connectivity index (χ1n) is 7.32. The zero-order valence-corrected chi connectivity index (χ0v) is 14.2. The van der Waals surface area contributed by atoms with Gasteiger partial charge in [-0.05, 0) is 32.2 Å². The highest BCUT2D eigenvalue weighted by molar-refractivity contribution is 7.11. The Labute approximate surface area is 134 Å². The van der Waals surface area contributed by atoms with Gasteiger partial charge in [0.15, 0.2) is 6.73 Å². The zero-order chi connectivity index (χ0) is 16.3. The Balaban J connectivity index is 2.38. The zero-order valence-electron chi connectivity index (χ0n) is 13.3. The van der Waals surface area contributed by atoms with Crippen molar-refractivity contribution in [2.75, 3.05) is 13.3 Å². The van der Waals surface area contributed by atoms with Gasteiger partial charge in [0, 0.05) is 11.3 Å². The average molecular weight is 323 g/mol. The molecule has 0 spiro atoms. The van der Waals surface area contributed by atoms with Gasteiger partial charge in [0.2, 0.25) is 0 Å². The maximum atomic E-state index is 12.9. The first-order chi connectivity index (χ1) is 10.4. The SMILES string of the molecule is CCOC(=O)C(C)(C)N1COC(CC)=C(c2cccs2)C1=O. The monoisotopic (exact) mass is 323 g/mol. The van der Waals surface area contributed by atoms with E-state index in [1.54, 1.807) is 20.8 Å². The number of rotatable bonds is 5. The highest BCUT2D eigenvalue weighted by Gasteiger charge is 2.43. The van der Waals surface area contributed by atoms with Gasteiger partial charge >= 0.3 is 5.97 Å². The first kappa shape index (κ1) is 16.5. The molecule has 0 unspecified atom stereocenters. The maximum Gasteiger partial charge on any atom is 0.331 e. The third-order valence-electron chi connectivity index (χ3n) is 3.64. The normalized spacial score (nSPS) is 15.8. The van der Waals surface area contributed by atoms with Crippen molar-refractivity contribution in [3.63, 3.8) is 0 Å². The fourth-order valence-corrected chi connectivity index (χ4v) is 3.08. The lowest BCUT2D eigenvalue weighted by Gasteiger charge is -2.39. The van der Waals surface area contributed by atoms with Crippen LogP contribution in [-0.4, -0.2) is 35.7 Å². The Kier molecular flexibility index (Phi) is 4.90. The molecule has 1 amide bonds. The van der Waals surface area contributed by atoms with Crippen LogP contribution < -0.4 is 0 Å². The summed E-state index contributed by atoms with van der Waals surface area (Å²) in [6.07, 6.45) is 0.632. The molecule has 0 aliphatic carbocycles. The van der Waals surface area contributed by atoms with Crippen molar-refractivity contribution >= 4 is 28.8 Å². The molecule has 0 saturated carbocycles. The van der Waals surface area contributed by atoms with E-state index in [-0.39, 0.29) is 19.2 Å². The summed E-state index contributed by atoms with van der Waals surface area (Å²) in [5.74, 6) is 0.0457. The second kappa shape index (κ2) is 6.52. The number of carbonyl (C=O) groups excluding carboxylic acids is 2. The lowest BCUT2D eigenvalue weighted by atomic mass is 10.00. The van der Waals surface area contributed by atoms with Crippen molar-refractivity contribution < 1.29 is 19.1 Å². The molecule has 6 heteroatoms. The van der Waals surface area contributed by atoms with Crippen LogP contribution in [0.3, 0.4) is 0 Å². The minimum absolute atomic E-state index is 0.0582. The molecule has 22 heavy (non-hydrogen) atoms. The molecule has 0 radical (unpaired) electrons. The van der Waals surface area contributed by atoms with Gasteiger partial charge in [0.25, 0.3) is 5.91 Å². The third kappa shape index (κ3) is 2.88. The van der Waals surface area contributed by atoms with E-state index < -0.39 is 11.5 Å². The maximum absolute atomic E-state index is 12.9. The molecule has 1 aromatic heterocycles. The number of thiophene rings is 1. The topological polar surface area (TPSA) is 55.8 Å². The van der Waals surface area contributed by atoms with Gasteiger partial charge in [-0.3, -0.25) is 9.69 Å². The molecule has 5 nitrogen and oxygen atoms in total. The summed E-state index contributed by atoms with van der Waals surface area (Å²) in [6, 6.07) is 3.78. The smallest absolute Gasteiger partial charge is 0.331 e. The summed E-state index contributed by atoms with van der Waals surface area (Å²) in [5, 5.41) is 1.92. The van der Waals surface area contributed by atoms with Crippen LogP contribution in [0, 0.1) is 0 Å². The number of amides is 1. The number of hydrogen-bond acceptors (Lipinski definition) is 5. The molecule has 0 bridgehead atoms. The van der Waals surface area contributed by atoms with E-state index >= 15 is 0 Å². The van der Waals surface area contributed by atoms with E-state index in [9.17, 15) is 9.59 Å². The first-order valence-corrected chi connectivity index (χ1v) is 8.20. The molecule has 1 aromatic rings. The van der Waals surface area contributed by atoms with Gasteiger partial charge in [0.1, 0.15) is 11.3 Å². The molecule has 120 valence electrons. The third-order valence-corrected chi connectivity index (χ3v) is 4.53. The van der Waals surface area contributed by atoms with Gasteiger partial charge in [0.05, 0.1) is 12.2 Å². The Hall–Kier alpha value is -1.82. The molecule has 0 N–H and O–H groups in total. The van der Waals surface area contributed by atoms with Gasteiger partial charge in [-0.1, -0.05) is 13.0 Å². The van der Waals surface area contributed by atoms with E-state index in [4.69, 9.17) is 9.47 Å². The predicted octanol–water partition coefficient (Wildman–Crippen LogP) is 3.03. The number of ether oxygens (including phenoxy) is 2. The molecular weight excluding hydrogens is 302 g/mol. The minimum Gasteiger partial charge on any atom is -0.476 e. The van der Waals surface area contributed by atoms with Crippen molar-refractivity contribution in [3.05, 3.63) is 28.1 Å². The number of hydrogen-bond donors (Lipinski definition) is 0. The van der Waals surface area contributed by atoms with E-state index in [1.165, 1.54) is 16.2 Å². The highest BCUT2D eigenvalue weighted by Crippen LogP contribution is 2.34. The number of allylic oxidation sites excluding steroid dienone is 1. The van der Waals surface area contributed by atoms with Gasteiger partial charge in [-0.25, -0.2) is 4.79 Å². The Morgan fingerprint density at radius 2 is 2.18 bits per heavy atom. The highest BCUT2D eigenvalue weighted by atomic mass is 32.1. The van der Waals surface area contributed by atoms with Crippen molar-refractivity contribution in [3.8, 4) is 0 Å². The Morgan fingerprint density at radius 1 is 1.45 bits per heavy atom. The Bertz CT molecular complexity index is 589. The van der Waals surface area contributed by atoms with Crippen LogP contribution >= 0.6 is 11.3 Å². The number of nitrogens with zero attached hydrogens (tertiary/aromatic N) is 1. The summed E-state index contributed by atoms with van der Waals surface area (Å²) in [7, 11) is 0. The van der Waals surface area contributed by atoms with Gasteiger partial charge in [-0.2, -0.15) is 0 Å². The molecule has 2 rings (SSSR count). The van der Waals surface area contributed by atoms with Crippen molar-refractivity contribution in [2.45, 2.75) is 39.7 Å². The molecule has 1 aliphatic rings. The molecule has 0 saturated heterocycles. The molecule has 0 fully saturated rings. The summed E-state index contributed by atoms with van der Waals surface area (Å²) in [5.41, 5.74) is -0.532. The van der Waals surface area contributed by atoms with Crippen LogP contribution in [0.1, 0.15) is 39.0 Å². The van der Waals surface area contributed by atoms with E-state index in [0.717, 1.165) is 4.88 Å². The fraction of sp³-hybridized carbons (Fsp3) is 0.500. The molecule has 0 atom stereocenters. The van der Waals surface area contributed by atoms with Crippen LogP contribution in [0.2, 0.25) is 0 Å². The second-order valence-electron chi connectivity index (χ2n) is 5.42. The van der Waals surface area contributed by atoms with E-state index in [0.29, 0.717) is 17.8 Å². The number of esters is 1. The number of carbonyl (C=O) groups is 2. The van der Waals surface area contributed by atoms with Crippen molar-refractivity contribution in [1.29, 1.82) is 0 Å². The Morgan fingerprint density at radius 3 is 2.73 bits per heavy atom. The fourth-order valence-electron chi connectivity index (χ4n) is 2.30. The quantitative estimate of drug-likeness (QED) is 0.782. The lowest BCUT2D eigenvalue weighted by molar-refractivity contribution is -0.165. The van der Waals surface area contributed by atoms with Crippen LogP contribution in [-0.2, 0) is 19.1 Å². The van der Waals surface area contributed by atoms with Gasteiger partial charge in [-0.15, -0.1) is 11.3 Å². The molecular formula is C16H21NO4S. The predicted molar refractivity (Wildman–Crippen MR) is 85.0 cm³/mol. The standard InChI is InChI=1S/C16H21NO4S/c1-5-11-13(12-8-7-9-22-12)14(18)17(10-21-11)16(3,4)15(19)20-6-2/h7-9H,5-6,10H2,1-4H3. The van der Waals surface area contributed by atoms with Crippen LogP contribution in [0.4, 0.5) is 0 Å². The van der Waals surface area contributed by atoms with Crippen molar-refractivity contribution in [1.82, 2.24) is 4.90 Å². The average Bonchev–Trinajstić information content (AvgIpc) is 3.00. The van der Waals surface area contributed by atoms with E-state index in [1.807, 2.05) is 24.4 Å². The molecule has 2 heterocycles. The van der Waals surface area contributed by atoms with E-state index in [2.05, 4.69) is 0 Å². The second-order valence-corrected chi connectivity index (χ2v) is 6.36. The van der Waals surface area contributed by atoms with Crippen LogP contribution in [0.15, 0.2) is 23.3 Å². The van der Waals surface area contributed by atoms with Gasteiger partial charge < -0.3 is 9.47 Å². The van der Waals surface area contributed by atoms with Crippen LogP contribution in [0.5, 0.6) is 0 Å². The molecule has 0 aromatic carbocycles.